The molecular formula is C11H17NO2S. The minimum Gasteiger partial charge on any atom is -0.480 e. The number of aryl methyl sites for hydroxylation is 1. The van der Waals surface area contributed by atoms with Gasteiger partial charge in [-0.2, -0.15) is 0 Å². The second-order valence-electron chi connectivity index (χ2n) is 3.40. The topological polar surface area (TPSA) is 49.3 Å². The van der Waals surface area contributed by atoms with E-state index in [2.05, 4.69) is 24.4 Å². The van der Waals surface area contributed by atoms with Crippen molar-refractivity contribution in [2.45, 2.75) is 39.3 Å². The second kappa shape index (κ2) is 5.88. The summed E-state index contributed by atoms with van der Waals surface area (Å²) in [5.41, 5.74) is 0. The van der Waals surface area contributed by atoms with Gasteiger partial charge in [-0.15, -0.1) is 11.3 Å². The monoisotopic (exact) mass is 227 g/mol. The molecule has 0 saturated heterocycles. The molecule has 0 aliphatic rings. The van der Waals surface area contributed by atoms with Crippen LogP contribution in [-0.4, -0.2) is 17.1 Å². The van der Waals surface area contributed by atoms with E-state index >= 15 is 0 Å². The van der Waals surface area contributed by atoms with Crippen molar-refractivity contribution in [3.05, 3.63) is 21.9 Å². The third kappa shape index (κ3) is 3.64. The SMILES string of the molecule is CCc1ccc(CNC(CC)C(=O)O)s1. The van der Waals surface area contributed by atoms with Gasteiger partial charge in [0.15, 0.2) is 0 Å². The quantitative estimate of drug-likeness (QED) is 0.783. The molecule has 2 N–H and O–H groups in total. The Balaban J connectivity index is 2.45. The molecule has 1 aromatic heterocycles. The van der Waals surface area contributed by atoms with Gasteiger partial charge >= 0.3 is 5.97 Å². The summed E-state index contributed by atoms with van der Waals surface area (Å²) in [6.07, 6.45) is 1.65. The predicted octanol–water partition coefficient (Wildman–Crippen LogP) is 2.26. The molecule has 0 radical (unpaired) electrons. The Bertz CT molecular complexity index is 322. The number of hydrogen-bond donors (Lipinski definition) is 2. The lowest BCUT2D eigenvalue weighted by molar-refractivity contribution is -0.139. The number of nitrogens with one attached hydrogen (secondary N) is 1. The van der Waals surface area contributed by atoms with Crippen molar-refractivity contribution in [3.63, 3.8) is 0 Å². The smallest absolute Gasteiger partial charge is 0.320 e. The summed E-state index contributed by atoms with van der Waals surface area (Å²) in [7, 11) is 0. The highest BCUT2D eigenvalue weighted by atomic mass is 32.1. The normalized spacial score (nSPS) is 12.7. The number of carbonyl (C=O) groups is 1. The molecule has 1 heterocycles. The van der Waals surface area contributed by atoms with Gasteiger partial charge in [-0.3, -0.25) is 10.1 Å². The molecular weight excluding hydrogens is 210 g/mol. The highest BCUT2D eigenvalue weighted by molar-refractivity contribution is 7.11. The summed E-state index contributed by atoms with van der Waals surface area (Å²) in [4.78, 5) is 13.3. The zero-order valence-corrected chi connectivity index (χ0v) is 9.93. The first-order valence-electron chi connectivity index (χ1n) is 5.21. The fraction of sp³-hybridized carbons (Fsp3) is 0.545. The van der Waals surface area contributed by atoms with Gasteiger partial charge in [0.1, 0.15) is 6.04 Å². The number of carboxylic acids is 1. The average Bonchev–Trinajstić information content (AvgIpc) is 2.66. The van der Waals surface area contributed by atoms with Crippen molar-refractivity contribution in [1.82, 2.24) is 5.32 Å². The maximum atomic E-state index is 10.8. The minimum atomic E-state index is -0.773. The molecule has 0 saturated carbocycles. The van der Waals surface area contributed by atoms with Crippen LogP contribution < -0.4 is 5.32 Å². The van der Waals surface area contributed by atoms with Crippen LogP contribution in [0.25, 0.3) is 0 Å². The summed E-state index contributed by atoms with van der Waals surface area (Å²) >= 11 is 1.74. The van der Waals surface area contributed by atoms with Crippen LogP contribution in [-0.2, 0) is 17.8 Å². The first kappa shape index (κ1) is 12.2. The van der Waals surface area contributed by atoms with E-state index < -0.39 is 12.0 Å². The highest BCUT2D eigenvalue weighted by Gasteiger charge is 2.13. The van der Waals surface area contributed by atoms with E-state index in [9.17, 15) is 4.79 Å². The van der Waals surface area contributed by atoms with E-state index in [0.717, 1.165) is 6.42 Å². The summed E-state index contributed by atoms with van der Waals surface area (Å²) < 4.78 is 0. The third-order valence-corrected chi connectivity index (χ3v) is 3.52. The molecule has 1 rings (SSSR count). The Kier molecular flexibility index (Phi) is 4.78. The van der Waals surface area contributed by atoms with Crippen LogP contribution in [0, 0.1) is 0 Å². The van der Waals surface area contributed by atoms with Crippen LogP contribution in [0.2, 0.25) is 0 Å². The molecule has 0 bridgehead atoms. The standard InChI is InChI=1S/C11H17NO2S/c1-3-8-5-6-9(15-8)7-12-10(4-2)11(13)14/h5-6,10,12H,3-4,7H2,1-2H3,(H,13,14). The lowest BCUT2D eigenvalue weighted by Gasteiger charge is -2.10. The van der Waals surface area contributed by atoms with Crippen LogP contribution in [0.1, 0.15) is 30.0 Å². The number of carboxylic acid groups (broad SMARTS) is 1. The van der Waals surface area contributed by atoms with Crippen LogP contribution in [0.4, 0.5) is 0 Å². The van der Waals surface area contributed by atoms with E-state index in [4.69, 9.17) is 5.11 Å². The van der Waals surface area contributed by atoms with Crippen molar-refractivity contribution in [3.8, 4) is 0 Å². The molecule has 1 atom stereocenters. The Labute approximate surface area is 94.1 Å². The van der Waals surface area contributed by atoms with E-state index in [-0.39, 0.29) is 0 Å². The Hall–Kier alpha value is -0.870. The predicted molar refractivity (Wildman–Crippen MR) is 62.3 cm³/mol. The Morgan fingerprint density at radius 3 is 2.60 bits per heavy atom. The maximum Gasteiger partial charge on any atom is 0.320 e. The molecule has 0 amide bonds. The lowest BCUT2D eigenvalue weighted by atomic mass is 10.2. The molecule has 0 aliphatic carbocycles. The van der Waals surface area contributed by atoms with Gasteiger partial charge in [-0.1, -0.05) is 13.8 Å². The van der Waals surface area contributed by atoms with E-state index in [0.29, 0.717) is 13.0 Å². The number of hydrogen-bond acceptors (Lipinski definition) is 3. The van der Waals surface area contributed by atoms with Crippen LogP contribution in [0.3, 0.4) is 0 Å². The number of aliphatic carboxylic acids is 1. The minimum absolute atomic E-state index is 0.433. The van der Waals surface area contributed by atoms with Crippen molar-refractivity contribution >= 4 is 17.3 Å². The molecule has 1 unspecified atom stereocenters. The van der Waals surface area contributed by atoms with Gasteiger partial charge in [0, 0.05) is 16.3 Å². The fourth-order valence-electron chi connectivity index (χ4n) is 1.34. The van der Waals surface area contributed by atoms with Crippen molar-refractivity contribution in [2.75, 3.05) is 0 Å². The highest BCUT2D eigenvalue weighted by Crippen LogP contribution is 2.16. The van der Waals surface area contributed by atoms with E-state index in [1.54, 1.807) is 11.3 Å². The van der Waals surface area contributed by atoms with Crippen molar-refractivity contribution < 1.29 is 9.90 Å². The Morgan fingerprint density at radius 1 is 1.47 bits per heavy atom. The fourth-order valence-corrected chi connectivity index (χ4v) is 2.25. The molecule has 15 heavy (non-hydrogen) atoms. The largest absolute Gasteiger partial charge is 0.480 e. The summed E-state index contributed by atoms with van der Waals surface area (Å²) in [5, 5.41) is 11.9. The molecule has 0 aromatic carbocycles. The summed E-state index contributed by atoms with van der Waals surface area (Å²) in [6.45, 7) is 4.64. The van der Waals surface area contributed by atoms with Crippen molar-refractivity contribution in [1.29, 1.82) is 0 Å². The third-order valence-electron chi connectivity index (χ3n) is 2.29. The van der Waals surface area contributed by atoms with Gasteiger partial charge in [-0.25, -0.2) is 0 Å². The van der Waals surface area contributed by atoms with Crippen molar-refractivity contribution in [2.24, 2.45) is 0 Å². The van der Waals surface area contributed by atoms with E-state index in [1.807, 2.05) is 6.92 Å². The second-order valence-corrected chi connectivity index (χ2v) is 4.65. The van der Waals surface area contributed by atoms with Gasteiger partial charge in [-0.05, 0) is 25.0 Å². The average molecular weight is 227 g/mol. The van der Waals surface area contributed by atoms with Gasteiger partial charge in [0.05, 0.1) is 0 Å². The molecule has 0 aliphatic heterocycles. The molecule has 0 fully saturated rings. The number of thiophene rings is 1. The zero-order chi connectivity index (χ0) is 11.3. The molecule has 3 nitrogen and oxygen atoms in total. The van der Waals surface area contributed by atoms with Gasteiger partial charge in [0.2, 0.25) is 0 Å². The van der Waals surface area contributed by atoms with Crippen LogP contribution in [0.5, 0.6) is 0 Å². The molecule has 4 heteroatoms. The zero-order valence-electron chi connectivity index (χ0n) is 9.12. The van der Waals surface area contributed by atoms with Crippen LogP contribution >= 0.6 is 11.3 Å². The molecule has 0 spiro atoms. The van der Waals surface area contributed by atoms with Gasteiger partial charge in [0.25, 0.3) is 0 Å². The van der Waals surface area contributed by atoms with Gasteiger partial charge < -0.3 is 5.11 Å². The molecule has 1 aromatic rings. The number of rotatable bonds is 6. The molecule has 84 valence electrons. The first-order chi connectivity index (χ1) is 7.17. The lowest BCUT2D eigenvalue weighted by Crippen LogP contribution is -2.35. The first-order valence-corrected chi connectivity index (χ1v) is 6.02. The summed E-state index contributed by atoms with van der Waals surface area (Å²) in [5.74, 6) is -0.773. The van der Waals surface area contributed by atoms with E-state index in [1.165, 1.54) is 9.75 Å². The Morgan fingerprint density at radius 2 is 2.13 bits per heavy atom. The maximum absolute atomic E-state index is 10.8. The van der Waals surface area contributed by atoms with Crippen LogP contribution in [0.15, 0.2) is 12.1 Å². The summed E-state index contributed by atoms with van der Waals surface area (Å²) in [6, 6.07) is 3.73.